The lowest BCUT2D eigenvalue weighted by Crippen LogP contribution is -2.37. The van der Waals surface area contributed by atoms with Gasteiger partial charge in [-0.05, 0) is 94.1 Å². The van der Waals surface area contributed by atoms with Crippen molar-refractivity contribution in [1.29, 1.82) is 0 Å². The highest BCUT2D eigenvalue weighted by molar-refractivity contribution is 5.95. The smallest absolute Gasteiger partial charge is 0.407 e. The molecule has 6 heteroatoms. The van der Waals surface area contributed by atoms with E-state index < -0.39 is 11.7 Å². The zero-order chi connectivity index (χ0) is 24.7. The highest BCUT2D eigenvalue weighted by Gasteiger charge is 2.19. The molecule has 3 rings (SSSR count). The van der Waals surface area contributed by atoms with E-state index in [0.29, 0.717) is 18.7 Å². The minimum atomic E-state index is -0.547. The Balaban J connectivity index is 1.71. The second-order valence-corrected chi connectivity index (χ2v) is 9.92. The van der Waals surface area contributed by atoms with E-state index in [9.17, 15) is 9.59 Å². The number of ether oxygens (including phenoxy) is 1. The molecule has 1 aliphatic carbocycles. The predicted octanol–water partition coefficient (Wildman–Crippen LogP) is 4.42. The minimum Gasteiger partial charge on any atom is -0.444 e. The Labute approximate surface area is 203 Å². The van der Waals surface area contributed by atoms with E-state index in [-0.39, 0.29) is 5.91 Å². The third-order valence-corrected chi connectivity index (χ3v) is 5.63. The van der Waals surface area contributed by atoms with Crippen molar-refractivity contribution in [3.8, 4) is 0 Å². The van der Waals surface area contributed by atoms with Crippen LogP contribution in [-0.2, 0) is 17.6 Å². The van der Waals surface area contributed by atoms with Crippen molar-refractivity contribution in [3.63, 3.8) is 0 Å². The number of hydrogen-bond donors (Lipinski definition) is 2. The number of amides is 2. The molecule has 2 N–H and O–H groups in total. The number of carbonyl (C=O) groups is 2. The lowest BCUT2D eigenvalue weighted by Gasteiger charge is -2.19. The third-order valence-electron chi connectivity index (χ3n) is 5.63. The van der Waals surface area contributed by atoms with Gasteiger partial charge in [-0.1, -0.05) is 36.4 Å². The molecule has 0 unspecified atom stereocenters. The van der Waals surface area contributed by atoms with Crippen molar-refractivity contribution in [3.05, 3.63) is 76.4 Å². The number of aryl methyl sites for hydroxylation is 2. The van der Waals surface area contributed by atoms with E-state index in [0.717, 1.165) is 25.8 Å². The van der Waals surface area contributed by atoms with Crippen molar-refractivity contribution in [1.82, 2.24) is 15.5 Å². The average molecular weight is 464 g/mol. The minimum absolute atomic E-state index is 0.145. The predicted molar refractivity (Wildman–Crippen MR) is 137 cm³/mol. The molecule has 0 radical (unpaired) electrons. The highest BCUT2D eigenvalue weighted by Crippen LogP contribution is 2.34. The molecule has 182 valence electrons. The van der Waals surface area contributed by atoms with Gasteiger partial charge in [0.1, 0.15) is 5.60 Å². The van der Waals surface area contributed by atoms with Gasteiger partial charge in [0.15, 0.2) is 0 Å². The van der Waals surface area contributed by atoms with Crippen molar-refractivity contribution in [2.45, 2.75) is 45.6 Å². The van der Waals surface area contributed by atoms with Crippen molar-refractivity contribution < 1.29 is 14.3 Å². The Morgan fingerprint density at radius 1 is 0.971 bits per heavy atom. The first-order valence-corrected chi connectivity index (χ1v) is 12.0. The van der Waals surface area contributed by atoms with Crippen molar-refractivity contribution in [2.75, 3.05) is 33.7 Å². The van der Waals surface area contributed by atoms with Crippen LogP contribution < -0.4 is 10.6 Å². The summed E-state index contributed by atoms with van der Waals surface area (Å²) < 4.78 is 5.21. The molecule has 0 spiro atoms. The second kappa shape index (κ2) is 11.3. The van der Waals surface area contributed by atoms with Crippen molar-refractivity contribution in [2.24, 2.45) is 0 Å². The average Bonchev–Trinajstić information content (AvgIpc) is 2.92. The van der Waals surface area contributed by atoms with Crippen LogP contribution in [0.1, 0.15) is 59.8 Å². The van der Waals surface area contributed by atoms with Gasteiger partial charge in [-0.2, -0.15) is 0 Å². The standard InChI is InChI=1S/C28H37N3O3/c1-28(2,3)34-27(33)30-17-16-29-26(32)22-14-15-24-21(19-22)13-12-20-9-6-7-10-23(20)25(24)11-8-18-31(4)5/h6-7,9-11,14-15,19H,8,12-13,16-18H2,1-5H3,(H,29,32)(H,30,33)/b25-11+. The van der Waals surface area contributed by atoms with Gasteiger partial charge in [-0.3, -0.25) is 4.79 Å². The fourth-order valence-electron chi connectivity index (χ4n) is 4.06. The van der Waals surface area contributed by atoms with Crippen LogP contribution >= 0.6 is 0 Å². The number of alkyl carbamates (subject to hydrolysis) is 1. The molecule has 0 atom stereocenters. The number of fused-ring (bicyclic) bond motifs is 2. The maximum absolute atomic E-state index is 12.8. The van der Waals surface area contributed by atoms with Gasteiger partial charge in [0.25, 0.3) is 5.91 Å². The molecule has 0 heterocycles. The molecular weight excluding hydrogens is 426 g/mol. The Hall–Kier alpha value is -3.12. The summed E-state index contributed by atoms with van der Waals surface area (Å²) in [7, 11) is 4.17. The fraction of sp³-hybridized carbons (Fsp3) is 0.429. The Morgan fingerprint density at radius 2 is 1.65 bits per heavy atom. The summed E-state index contributed by atoms with van der Waals surface area (Å²) >= 11 is 0. The number of nitrogens with one attached hydrogen (secondary N) is 2. The zero-order valence-electron chi connectivity index (χ0n) is 21.0. The quantitative estimate of drug-likeness (QED) is 0.596. The molecule has 0 saturated carbocycles. The molecule has 2 aromatic rings. The number of benzene rings is 2. The summed E-state index contributed by atoms with van der Waals surface area (Å²) in [4.78, 5) is 26.7. The van der Waals surface area contributed by atoms with Gasteiger partial charge in [-0.15, -0.1) is 0 Å². The van der Waals surface area contributed by atoms with E-state index in [1.54, 1.807) is 0 Å². The molecule has 0 aromatic heterocycles. The SMILES string of the molecule is CN(C)CC/C=C1\c2ccccc2CCc2cc(C(=O)NCCNC(=O)OC(C)(C)C)ccc21. The number of carbonyl (C=O) groups excluding carboxylic acids is 2. The van der Waals surface area contributed by atoms with Gasteiger partial charge in [0.05, 0.1) is 0 Å². The van der Waals surface area contributed by atoms with Crippen LogP contribution in [0.5, 0.6) is 0 Å². The van der Waals surface area contributed by atoms with Gasteiger partial charge in [0.2, 0.25) is 0 Å². The molecule has 0 fully saturated rings. The maximum Gasteiger partial charge on any atom is 0.407 e. The van der Waals surface area contributed by atoms with Crippen molar-refractivity contribution >= 4 is 17.6 Å². The van der Waals surface area contributed by atoms with Crippen LogP contribution in [0.3, 0.4) is 0 Å². The van der Waals surface area contributed by atoms with Crippen LogP contribution in [0.2, 0.25) is 0 Å². The number of rotatable bonds is 7. The second-order valence-electron chi connectivity index (χ2n) is 9.92. The molecular formula is C28H37N3O3. The zero-order valence-corrected chi connectivity index (χ0v) is 21.0. The Morgan fingerprint density at radius 3 is 2.38 bits per heavy atom. The first-order valence-electron chi connectivity index (χ1n) is 12.0. The summed E-state index contributed by atoms with van der Waals surface area (Å²) in [5.74, 6) is -0.145. The number of hydrogen-bond acceptors (Lipinski definition) is 4. The van der Waals surface area contributed by atoms with Crippen LogP contribution in [0.15, 0.2) is 48.5 Å². The normalized spacial score (nSPS) is 14.2. The Bertz CT molecular complexity index is 1050. The topological polar surface area (TPSA) is 70.7 Å². The van der Waals surface area contributed by atoms with Crippen LogP contribution in [-0.4, -0.2) is 56.2 Å². The molecule has 0 aliphatic heterocycles. The molecule has 1 aliphatic rings. The largest absolute Gasteiger partial charge is 0.444 e. The molecule has 0 bridgehead atoms. The summed E-state index contributed by atoms with van der Waals surface area (Å²) in [5.41, 5.74) is 6.35. The van der Waals surface area contributed by atoms with Crippen LogP contribution in [0.25, 0.3) is 5.57 Å². The molecule has 2 amide bonds. The Kier molecular flexibility index (Phi) is 8.51. The van der Waals surface area contributed by atoms with E-state index in [4.69, 9.17) is 4.74 Å². The number of nitrogens with zero attached hydrogens (tertiary/aromatic N) is 1. The van der Waals surface area contributed by atoms with Crippen LogP contribution in [0, 0.1) is 0 Å². The highest BCUT2D eigenvalue weighted by atomic mass is 16.6. The lowest BCUT2D eigenvalue weighted by molar-refractivity contribution is 0.0526. The maximum atomic E-state index is 12.8. The first kappa shape index (κ1) is 25.5. The first-order chi connectivity index (χ1) is 16.1. The summed E-state index contributed by atoms with van der Waals surface area (Å²) in [6.45, 7) is 7.06. The third kappa shape index (κ3) is 7.19. The van der Waals surface area contributed by atoms with E-state index in [1.165, 1.54) is 27.8 Å². The fourth-order valence-corrected chi connectivity index (χ4v) is 4.06. The van der Waals surface area contributed by atoms with Crippen LogP contribution in [0.4, 0.5) is 4.79 Å². The summed E-state index contributed by atoms with van der Waals surface area (Å²) in [6, 6.07) is 14.6. The molecule has 0 saturated heterocycles. The summed E-state index contributed by atoms with van der Waals surface area (Å²) in [6.07, 6.45) is 4.63. The molecule has 6 nitrogen and oxygen atoms in total. The monoisotopic (exact) mass is 463 g/mol. The summed E-state index contributed by atoms with van der Waals surface area (Å²) in [5, 5.41) is 5.55. The van der Waals surface area contributed by atoms with Gasteiger partial charge in [0, 0.05) is 25.2 Å². The van der Waals surface area contributed by atoms with Gasteiger partial charge in [-0.25, -0.2) is 4.79 Å². The molecule has 34 heavy (non-hydrogen) atoms. The van der Waals surface area contributed by atoms with E-state index in [2.05, 4.69) is 66.0 Å². The lowest BCUT2D eigenvalue weighted by atomic mass is 9.92. The van der Waals surface area contributed by atoms with E-state index >= 15 is 0 Å². The van der Waals surface area contributed by atoms with Gasteiger partial charge >= 0.3 is 6.09 Å². The molecule has 2 aromatic carbocycles. The van der Waals surface area contributed by atoms with Gasteiger partial charge < -0.3 is 20.3 Å². The van der Waals surface area contributed by atoms with E-state index in [1.807, 2.05) is 32.9 Å².